The van der Waals surface area contributed by atoms with Crippen molar-refractivity contribution >= 4 is 27.0 Å². The van der Waals surface area contributed by atoms with Crippen molar-refractivity contribution in [1.29, 1.82) is 0 Å². The highest BCUT2D eigenvalue weighted by atomic mass is 32.2. The molecule has 2 aromatic rings. The molecule has 0 unspecified atom stereocenters. The van der Waals surface area contributed by atoms with Crippen LogP contribution in [0.15, 0.2) is 35.5 Å². The zero-order valence-electron chi connectivity index (χ0n) is 14.5. The summed E-state index contributed by atoms with van der Waals surface area (Å²) in [5.74, 6) is 0. The fourth-order valence-electron chi connectivity index (χ4n) is 2.72. The second kappa shape index (κ2) is 6.25. The van der Waals surface area contributed by atoms with Crippen molar-refractivity contribution in [2.45, 2.75) is 43.1 Å². The fourth-order valence-corrected chi connectivity index (χ4v) is 4.28. The maximum absolute atomic E-state index is 12.9. The van der Waals surface area contributed by atoms with Gasteiger partial charge in [0, 0.05) is 13.1 Å². The molecule has 8 heteroatoms. The van der Waals surface area contributed by atoms with E-state index in [9.17, 15) is 13.2 Å². The van der Waals surface area contributed by atoms with E-state index in [0.29, 0.717) is 24.0 Å². The molecule has 0 saturated carbocycles. The molecule has 0 N–H and O–H groups in total. The maximum Gasteiger partial charge on any atom is 0.410 e. The highest BCUT2D eigenvalue weighted by Gasteiger charge is 2.38. The molecule has 1 aliphatic heterocycles. The lowest BCUT2D eigenvalue weighted by molar-refractivity contribution is 0.0295. The highest BCUT2D eigenvalue weighted by molar-refractivity contribution is 7.92. The normalized spacial score (nSPS) is 18.5. The Balaban J connectivity index is 1.79. The van der Waals surface area contributed by atoms with Gasteiger partial charge in [0.1, 0.15) is 5.60 Å². The van der Waals surface area contributed by atoms with Gasteiger partial charge in [-0.05, 0) is 39.3 Å². The molecular formula is C17H21N3O4S. The predicted octanol–water partition coefficient (Wildman–Crippen LogP) is 2.41. The molecule has 25 heavy (non-hydrogen) atoms. The third-order valence-electron chi connectivity index (χ3n) is 3.95. The van der Waals surface area contributed by atoms with Crippen LogP contribution in [0.25, 0.3) is 11.0 Å². The molecule has 7 nitrogen and oxygen atoms in total. The van der Waals surface area contributed by atoms with E-state index in [-0.39, 0.29) is 11.6 Å². The first-order chi connectivity index (χ1) is 11.7. The van der Waals surface area contributed by atoms with Crippen LogP contribution in [0.2, 0.25) is 0 Å². The van der Waals surface area contributed by atoms with E-state index in [1.54, 1.807) is 39.0 Å². The van der Waals surface area contributed by atoms with Crippen molar-refractivity contribution in [3.8, 4) is 0 Å². The van der Waals surface area contributed by atoms with Crippen molar-refractivity contribution < 1.29 is 17.9 Å². The van der Waals surface area contributed by atoms with Crippen molar-refractivity contribution in [1.82, 2.24) is 14.9 Å². The molecule has 0 spiro atoms. The van der Waals surface area contributed by atoms with Gasteiger partial charge in [0.15, 0.2) is 5.03 Å². The van der Waals surface area contributed by atoms with E-state index in [4.69, 9.17) is 4.74 Å². The predicted molar refractivity (Wildman–Crippen MR) is 92.9 cm³/mol. The summed E-state index contributed by atoms with van der Waals surface area (Å²) in [5, 5.41) is -0.752. The molecule has 1 aromatic heterocycles. The minimum absolute atomic E-state index is 0.0535. The topological polar surface area (TPSA) is 89.5 Å². The number of ether oxygens (including phenoxy) is 1. The van der Waals surface area contributed by atoms with E-state index < -0.39 is 26.8 Å². The summed E-state index contributed by atoms with van der Waals surface area (Å²) in [4.78, 5) is 22.0. The lowest BCUT2D eigenvalue weighted by Gasteiger charge is -2.24. The number of aromatic nitrogens is 2. The standard InChI is InChI=1S/C17H21N3O4S/c1-17(2,3)24-16(21)20-9-8-12(11-20)25(22,23)15-10-18-13-6-4-5-7-14(13)19-15/h4-7,10,12H,8-9,11H2,1-3H3/t12-/m1/s1. The van der Waals surface area contributed by atoms with Gasteiger partial charge in [-0.15, -0.1) is 0 Å². The Morgan fingerprint density at radius 3 is 2.60 bits per heavy atom. The van der Waals surface area contributed by atoms with Crippen LogP contribution < -0.4 is 0 Å². The molecule has 0 aliphatic carbocycles. The minimum Gasteiger partial charge on any atom is -0.444 e. The number of amides is 1. The van der Waals surface area contributed by atoms with E-state index in [1.165, 1.54) is 11.1 Å². The van der Waals surface area contributed by atoms with Gasteiger partial charge in [0.25, 0.3) is 0 Å². The average molecular weight is 363 g/mol. The van der Waals surface area contributed by atoms with Crippen LogP contribution in [0.5, 0.6) is 0 Å². The van der Waals surface area contributed by atoms with Crippen LogP contribution in [0.3, 0.4) is 0 Å². The number of fused-ring (bicyclic) bond motifs is 1. The summed E-state index contributed by atoms with van der Waals surface area (Å²) in [6.07, 6.45) is 1.15. The Labute approximate surface area is 146 Å². The molecule has 2 heterocycles. The molecule has 1 aliphatic rings. The zero-order valence-corrected chi connectivity index (χ0v) is 15.3. The molecule has 1 aromatic carbocycles. The Bertz CT molecular complexity index is 905. The van der Waals surface area contributed by atoms with Gasteiger partial charge in [-0.1, -0.05) is 12.1 Å². The number of carbonyl (C=O) groups is 1. The van der Waals surface area contributed by atoms with Crippen molar-refractivity contribution in [3.63, 3.8) is 0 Å². The average Bonchev–Trinajstić information content (AvgIpc) is 3.04. The van der Waals surface area contributed by atoms with Crippen LogP contribution in [-0.2, 0) is 14.6 Å². The third kappa shape index (κ3) is 3.73. The summed E-state index contributed by atoms with van der Waals surface area (Å²) in [5.41, 5.74) is 0.562. The molecule has 134 valence electrons. The largest absolute Gasteiger partial charge is 0.444 e. The van der Waals surface area contributed by atoms with Gasteiger partial charge >= 0.3 is 6.09 Å². The molecule has 0 radical (unpaired) electrons. The molecule has 0 bridgehead atoms. The smallest absolute Gasteiger partial charge is 0.410 e. The SMILES string of the molecule is CC(C)(C)OC(=O)N1CC[C@@H](S(=O)(=O)c2cnc3ccccc3n2)C1. The quantitative estimate of drug-likeness (QED) is 0.814. The molecule has 1 fully saturated rings. The summed E-state index contributed by atoms with van der Waals surface area (Å²) < 4.78 is 31.0. The van der Waals surface area contributed by atoms with Gasteiger partial charge in [-0.2, -0.15) is 0 Å². The van der Waals surface area contributed by atoms with Crippen LogP contribution in [0.4, 0.5) is 4.79 Å². The monoisotopic (exact) mass is 363 g/mol. The number of sulfone groups is 1. The number of likely N-dealkylation sites (tertiary alicyclic amines) is 1. The number of carbonyl (C=O) groups excluding carboxylic acids is 1. The number of nitrogens with zero attached hydrogens (tertiary/aromatic N) is 3. The Hall–Kier alpha value is -2.22. The summed E-state index contributed by atoms with van der Waals surface area (Å²) >= 11 is 0. The lowest BCUT2D eigenvalue weighted by Crippen LogP contribution is -2.36. The third-order valence-corrected chi connectivity index (χ3v) is 6.00. The van der Waals surface area contributed by atoms with Gasteiger partial charge < -0.3 is 9.64 Å². The first kappa shape index (κ1) is 17.6. The molecule has 1 saturated heterocycles. The van der Waals surface area contributed by atoms with E-state index >= 15 is 0 Å². The van der Waals surface area contributed by atoms with Crippen LogP contribution >= 0.6 is 0 Å². The summed E-state index contributed by atoms with van der Waals surface area (Å²) in [6.45, 7) is 5.78. The van der Waals surface area contributed by atoms with E-state index in [2.05, 4.69) is 9.97 Å². The molecule has 3 rings (SSSR count). The molecule has 1 amide bonds. The second-order valence-electron chi connectivity index (χ2n) is 7.08. The first-order valence-corrected chi connectivity index (χ1v) is 9.65. The van der Waals surface area contributed by atoms with Gasteiger partial charge in [-0.3, -0.25) is 4.98 Å². The van der Waals surface area contributed by atoms with Crippen molar-refractivity contribution in [3.05, 3.63) is 30.5 Å². The maximum atomic E-state index is 12.9. The number of para-hydroxylation sites is 2. The van der Waals surface area contributed by atoms with E-state index in [0.717, 1.165) is 0 Å². The van der Waals surface area contributed by atoms with Crippen LogP contribution in [-0.4, -0.2) is 53.3 Å². The van der Waals surface area contributed by atoms with E-state index in [1.807, 2.05) is 6.07 Å². The van der Waals surface area contributed by atoms with Crippen LogP contribution in [0.1, 0.15) is 27.2 Å². The van der Waals surface area contributed by atoms with Crippen molar-refractivity contribution in [2.24, 2.45) is 0 Å². The molecule has 1 atom stereocenters. The zero-order chi connectivity index (χ0) is 18.2. The van der Waals surface area contributed by atoms with Gasteiger partial charge in [0.2, 0.25) is 9.84 Å². The van der Waals surface area contributed by atoms with Gasteiger partial charge in [0.05, 0.1) is 22.5 Å². The second-order valence-corrected chi connectivity index (χ2v) is 9.25. The van der Waals surface area contributed by atoms with Crippen LogP contribution in [0, 0.1) is 0 Å². The van der Waals surface area contributed by atoms with Crippen molar-refractivity contribution in [2.75, 3.05) is 13.1 Å². The summed E-state index contributed by atoms with van der Waals surface area (Å²) in [7, 11) is -3.66. The number of benzene rings is 1. The number of hydrogen-bond acceptors (Lipinski definition) is 6. The Kier molecular flexibility index (Phi) is 4.40. The Morgan fingerprint density at radius 2 is 1.92 bits per heavy atom. The first-order valence-electron chi connectivity index (χ1n) is 8.10. The fraction of sp³-hybridized carbons (Fsp3) is 0.471. The number of hydrogen-bond donors (Lipinski definition) is 0. The molecular weight excluding hydrogens is 342 g/mol. The number of rotatable bonds is 2. The minimum atomic E-state index is -3.66. The Morgan fingerprint density at radius 1 is 1.24 bits per heavy atom. The lowest BCUT2D eigenvalue weighted by atomic mass is 10.2. The highest BCUT2D eigenvalue weighted by Crippen LogP contribution is 2.25. The van der Waals surface area contributed by atoms with Gasteiger partial charge in [-0.25, -0.2) is 18.2 Å². The summed E-state index contributed by atoms with van der Waals surface area (Å²) in [6, 6.07) is 7.11.